The monoisotopic (exact) mass is 271 g/mol. The van der Waals surface area contributed by atoms with E-state index in [9.17, 15) is 4.79 Å². The molecule has 19 heavy (non-hydrogen) atoms. The van der Waals surface area contributed by atoms with Crippen molar-refractivity contribution in [2.24, 2.45) is 0 Å². The van der Waals surface area contributed by atoms with Crippen LogP contribution in [0.4, 0.5) is 0 Å². The van der Waals surface area contributed by atoms with E-state index in [0.717, 1.165) is 16.5 Å². The van der Waals surface area contributed by atoms with Crippen LogP contribution in [-0.4, -0.2) is 21.8 Å². The molecule has 0 atom stereocenters. The van der Waals surface area contributed by atoms with E-state index in [-0.39, 0.29) is 5.78 Å². The first-order chi connectivity index (χ1) is 9.34. The Morgan fingerprint density at radius 3 is 2.84 bits per heavy atom. The minimum atomic E-state index is 0.209. The number of Topliss-reactive ketones (excluding diaryl/α,β-unsaturated/α-hetero) is 1. The summed E-state index contributed by atoms with van der Waals surface area (Å²) in [6, 6.07) is 9.75. The number of hydrogen-bond donors (Lipinski definition) is 0. The number of hydrogen-bond acceptors (Lipinski definition) is 3. The first-order valence-corrected chi connectivity index (χ1v) is 7.88. The fraction of sp³-hybridized carbons (Fsp3) is 0.375. The minimum absolute atomic E-state index is 0.209. The highest BCUT2D eigenvalue weighted by Crippen LogP contribution is 2.30. The molecule has 0 bridgehead atoms. The molecule has 3 heteroatoms. The van der Waals surface area contributed by atoms with Gasteiger partial charge in [0.05, 0.1) is 11.3 Å². The van der Waals surface area contributed by atoms with Gasteiger partial charge < -0.3 is 0 Å². The van der Waals surface area contributed by atoms with Crippen molar-refractivity contribution in [3.8, 4) is 0 Å². The molecule has 2 nitrogen and oxygen atoms in total. The number of carbonyl (C=O) groups is 1. The summed E-state index contributed by atoms with van der Waals surface area (Å²) >= 11 is 1.82. The maximum atomic E-state index is 12.4. The zero-order valence-electron chi connectivity index (χ0n) is 10.8. The second-order valence-corrected chi connectivity index (χ2v) is 6.31. The van der Waals surface area contributed by atoms with E-state index in [1.165, 1.54) is 25.7 Å². The number of ketones is 1. The van der Waals surface area contributed by atoms with Crippen molar-refractivity contribution < 1.29 is 4.79 Å². The highest BCUT2D eigenvalue weighted by atomic mass is 32.2. The fourth-order valence-corrected chi connectivity index (χ4v) is 3.86. The first-order valence-electron chi connectivity index (χ1n) is 6.83. The molecule has 0 radical (unpaired) electrons. The molecule has 1 saturated carbocycles. The summed E-state index contributed by atoms with van der Waals surface area (Å²) in [5, 5.41) is 1.73. The molecule has 0 aliphatic heterocycles. The van der Waals surface area contributed by atoms with E-state index >= 15 is 0 Å². The van der Waals surface area contributed by atoms with Crippen molar-refractivity contribution >= 4 is 28.4 Å². The quantitative estimate of drug-likeness (QED) is 0.784. The second-order valence-electron chi connectivity index (χ2n) is 5.02. The zero-order chi connectivity index (χ0) is 13.1. The molecular weight excluding hydrogens is 254 g/mol. The van der Waals surface area contributed by atoms with Crippen LogP contribution in [0.5, 0.6) is 0 Å². The van der Waals surface area contributed by atoms with E-state index in [1.807, 2.05) is 42.1 Å². The standard InChI is InChI=1S/C16H17NOS/c18-15(11-19-13-7-1-2-8-13)14-9-3-5-12-6-4-10-17-16(12)14/h3-6,9-10,13H,1-2,7-8,11H2. The topological polar surface area (TPSA) is 30.0 Å². The lowest BCUT2D eigenvalue weighted by Crippen LogP contribution is -2.07. The number of nitrogens with zero attached hydrogens (tertiary/aromatic N) is 1. The molecule has 98 valence electrons. The van der Waals surface area contributed by atoms with Gasteiger partial charge in [0.15, 0.2) is 5.78 Å². The third kappa shape index (κ3) is 2.81. The molecule has 1 fully saturated rings. The van der Waals surface area contributed by atoms with Crippen molar-refractivity contribution in [1.82, 2.24) is 4.98 Å². The van der Waals surface area contributed by atoms with E-state index in [1.54, 1.807) is 6.20 Å². The number of fused-ring (bicyclic) bond motifs is 1. The number of pyridine rings is 1. The summed E-state index contributed by atoms with van der Waals surface area (Å²) in [5.41, 5.74) is 1.60. The van der Waals surface area contributed by atoms with Crippen LogP contribution in [0.1, 0.15) is 36.0 Å². The summed E-state index contributed by atoms with van der Waals surface area (Å²) in [6.45, 7) is 0. The molecule has 0 saturated heterocycles. The lowest BCUT2D eigenvalue weighted by Gasteiger charge is -2.08. The number of aromatic nitrogens is 1. The lowest BCUT2D eigenvalue weighted by atomic mass is 10.1. The third-order valence-electron chi connectivity index (χ3n) is 3.69. The normalized spacial score (nSPS) is 16.0. The van der Waals surface area contributed by atoms with Crippen molar-refractivity contribution in [3.05, 3.63) is 42.1 Å². The van der Waals surface area contributed by atoms with E-state index in [4.69, 9.17) is 0 Å². The number of rotatable bonds is 4. The summed E-state index contributed by atoms with van der Waals surface area (Å²) in [5.74, 6) is 0.793. The summed E-state index contributed by atoms with van der Waals surface area (Å²) in [6.07, 6.45) is 6.93. The summed E-state index contributed by atoms with van der Waals surface area (Å²) in [7, 11) is 0. The van der Waals surface area contributed by atoms with Gasteiger partial charge in [-0.2, -0.15) is 11.8 Å². The summed E-state index contributed by atoms with van der Waals surface area (Å²) in [4.78, 5) is 16.7. The van der Waals surface area contributed by atoms with Crippen molar-refractivity contribution in [1.29, 1.82) is 0 Å². The van der Waals surface area contributed by atoms with Crippen LogP contribution < -0.4 is 0 Å². The molecule has 0 N–H and O–H groups in total. The Bertz CT molecular complexity index is 585. The number of benzene rings is 1. The van der Waals surface area contributed by atoms with Crippen LogP contribution in [0.25, 0.3) is 10.9 Å². The average Bonchev–Trinajstić information content (AvgIpc) is 2.97. The highest BCUT2D eigenvalue weighted by molar-refractivity contribution is 8.00. The molecular formula is C16H17NOS. The Labute approximate surface area is 117 Å². The van der Waals surface area contributed by atoms with E-state index in [2.05, 4.69) is 4.98 Å². The van der Waals surface area contributed by atoms with Gasteiger partial charge in [0.2, 0.25) is 0 Å². The van der Waals surface area contributed by atoms with Crippen molar-refractivity contribution in [2.75, 3.05) is 5.75 Å². The molecule has 0 spiro atoms. The molecule has 2 aromatic rings. The maximum absolute atomic E-state index is 12.4. The van der Waals surface area contributed by atoms with Crippen LogP contribution >= 0.6 is 11.8 Å². The van der Waals surface area contributed by atoms with Crippen LogP contribution in [0.3, 0.4) is 0 Å². The minimum Gasteiger partial charge on any atom is -0.293 e. The van der Waals surface area contributed by atoms with Gasteiger partial charge in [-0.15, -0.1) is 0 Å². The van der Waals surface area contributed by atoms with Gasteiger partial charge >= 0.3 is 0 Å². The second kappa shape index (κ2) is 5.74. The number of para-hydroxylation sites is 1. The molecule has 1 aliphatic rings. The predicted molar refractivity (Wildman–Crippen MR) is 80.8 cm³/mol. The van der Waals surface area contributed by atoms with Crippen molar-refractivity contribution in [2.45, 2.75) is 30.9 Å². The largest absolute Gasteiger partial charge is 0.293 e. The number of thioether (sulfide) groups is 1. The van der Waals surface area contributed by atoms with Crippen LogP contribution in [0.2, 0.25) is 0 Å². The Balaban J connectivity index is 1.77. The Hall–Kier alpha value is -1.35. The molecule has 1 aromatic heterocycles. The van der Waals surface area contributed by atoms with Gasteiger partial charge in [-0.05, 0) is 25.0 Å². The predicted octanol–water partition coefficient (Wildman–Crippen LogP) is 4.09. The highest BCUT2D eigenvalue weighted by Gasteiger charge is 2.18. The smallest absolute Gasteiger partial charge is 0.174 e. The van der Waals surface area contributed by atoms with Crippen LogP contribution in [0.15, 0.2) is 36.5 Å². The molecule has 1 aromatic carbocycles. The number of carbonyl (C=O) groups excluding carboxylic acids is 1. The van der Waals surface area contributed by atoms with Gasteiger partial charge in [-0.25, -0.2) is 0 Å². The van der Waals surface area contributed by atoms with E-state index in [0.29, 0.717) is 11.0 Å². The molecule has 3 rings (SSSR count). The van der Waals surface area contributed by atoms with Gasteiger partial charge in [-0.1, -0.05) is 31.0 Å². The molecule has 1 heterocycles. The van der Waals surface area contributed by atoms with Gasteiger partial charge in [0.25, 0.3) is 0 Å². The Kier molecular flexibility index (Phi) is 3.83. The van der Waals surface area contributed by atoms with Crippen LogP contribution in [0, 0.1) is 0 Å². The summed E-state index contributed by atoms with van der Waals surface area (Å²) < 4.78 is 0. The Morgan fingerprint density at radius 2 is 2.00 bits per heavy atom. The van der Waals surface area contributed by atoms with E-state index < -0.39 is 0 Å². The van der Waals surface area contributed by atoms with Gasteiger partial charge in [0.1, 0.15) is 0 Å². The van der Waals surface area contributed by atoms with Crippen molar-refractivity contribution in [3.63, 3.8) is 0 Å². The average molecular weight is 271 g/mol. The van der Waals surface area contributed by atoms with Crippen LogP contribution in [-0.2, 0) is 0 Å². The first kappa shape index (κ1) is 12.7. The maximum Gasteiger partial charge on any atom is 0.174 e. The Morgan fingerprint density at radius 1 is 1.21 bits per heavy atom. The third-order valence-corrected chi connectivity index (χ3v) is 5.06. The molecule has 0 amide bonds. The zero-order valence-corrected chi connectivity index (χ0v) is 11.7. The van der Waals surface area contributed by atoms with Gasteiger partial charge in [-0.3, -0.25) is 9.78 Å². The fourth-order valence-electron chi connectivity index (χ4n) is 2.66. The SMILES string of the molecule is O=C(CSC1CCCC1)c1cccc2cccnc12. The molecule has 1 aliphatic carbocycles. The molecule has 0 unspecified atom stereocenters. The lowest BCUT2D eigenvalue weighted by molar-refractivity contribution is 0.102. The van der Waals surface area contributed by atoms with Gasteiger partial charge in [0, 0.05) is 22.4 Å².